The van der Waals surface area contributed by atoms with Crippen molar-refractivity contribution in [3.05, 3.63) is 23.0 Å². The van der Waals surface area contributed by atoms with Gasteiger partial charge >= 0.3 is 5.97 Å². The van der Waals surface area contributed by atoms with Gasteiger partial charge in [-0.2, -0.15) is 0 Å². The second-order valence-corrected chi connectivity index (χ2v) is 6.49. The van der Waals surface area contributed by atoms with E-state index in [1.54, 1.807) is 0 Å². The van der Waals surface area contributed by atoms with E-state index in [-0.39, 0.29) is 12.3 Å². The Morgan fingerprint density at radius 3 is 3.10 bits per heavy atom. The molecule has 106 valence electrons. The van der Waals surface area contributed by atoms with Gasteiger partial charge in [0.2, 0.25) is 5.91 Å². The highest BCUT2D eigenvalue weighted by Gasteiger charge is 2.34. The molecule has 1 aliphatic rings. The number of hydrogen-bond acceptors (Lipinski definition) is 5. The smallest absolute Gasteiger partial charge is 0.327 e. The lowest BCUT2D eigenvalue weighted by Gasteiger charge is -2.20. The lowest BCUT2D eigenvalue weighted by Crippen LogP contribution is -2.42. The van der Waals surface area contributed by atoms with Crippen LogP contribution in [0.25, 0.3) is 4.96 Å². The molecule has 1 amide bonds. The summed E-state index contributed by atoms with van der Waals surface area (Å²) in [4.78, 5) is 30.1. The largest absolute Gasteiger partial charge is 0.480 e. The minimum atomic E-state index is -0.933. The Hall–Kier alpha value is -1.54. The molecule has 0 radical (unpaired) electrons. The molecule has 1 N–H and O–H groups in total. The predicted octanol–water partition coefficient (Wildman–Crippen LogP) is 1.23. The van der Waals surface area contributed by atoms with Gasteiger partial charge in [-0.05, 0) is 6.92 Å². The van der Waals surface area contributed by atoms with Crippen LogP contribution in [0.3, 0.4) is 0 Å². The third-order valence-electron chi connectivity index (χ3n) is 3.22. The Morgan fingerprint density at radius 1 is 1.55 bits per heavy atom. The highest BCUT2D eigenvalue weighted by Crippen LogP contribution is 2.23. The Balaban J connectivity index is 1.80. The maximum Gasteiger partial charge on any atom is 0.327 e. The summed E-state index contributed by atoms with van der Waals surface area (Å²) < 4.78 is 1.90. The second kappa shape index (κ2) is 5.10. The van der Waals surface area contributed by atoms with Crippen LogP contribution in [-0.2, 0) is 16.0 Å². The van der Waals surface area contributed by atoms with Gasteiger partial charge in [0.1, 0.15) is 6.04 Å². The number of carboxylic acid groups (broad SMARTS) is 1. The van der Waals surface area contributed by atoms with E-state index in [4.69, 9.17) is 5.11 Å². The van der Waals surface area contributed by atoms with Crippen LogP contribution in [-0.4, -0.2) is 48.9 Å². The van der Waals surface area contributed by atoms with E-state index < -0.39 is 12.0 Å². The fraction of sp³-hybridized carbons (Fsp3) is 0.417. The number of imidazole rings is 1. The van der Waals surface area contributed by atoms with Gasteiger partial charge in [0.25, 0.3) is 0 Å². The molecule has 0 bridgehead atoms. The van der Waals surface area contributed by atoms with Gasteiger partial charge in [-0.1, -0.05) is 0 Å². The quantitative estimate of drug-likeness (QED) is 0.923. The van der Waals surface area contributed by atoms with Crippen LogP contribution >= 0.6 is 23.1 Å². The molecule has 1 fully saturated rings. The van der Waals surface area contributed by atoms with Gasteiger partial charge < -0.3 is 10.0 Å². The number of thioether (sulfide) groups is 1. The third-order valence-corrected chi connectivity index (χ3v) is 5.12. The number of hydrogen-bond donors (Lipinski definition) is 1. The van der Waals surface area contributed by atoms with Crippen LogP contribution in [0.4, 0.5) is 0 Å². The first-order chi connectivity index (χ1) is 9.56. The maximum atomic E-state index is 12.3. The molecule has 2 aromatic heterocycles. The molecule has 0 aliphatic carbocycles. The number of aromatic nitrogens is 2. The summed E-state index contributed by atoms with van der Waals surface area (Å²) in [6.45, 7) is 1.91. The van der Waals surface area contributed by atoms with Crippen LogP contribution < -0.4 is 0 Å². The molecule has 2 aromatic rings. The highest BCUT2D eigenvalue weighted by molar-refractivity contribution is 7.99. The van der Waals surface area contributed by atoms with Crippen molar-refractivity contribution in [2.75, 3.05) is 11.6 Å². The van der Waals surface area contributed by atoms with E-state index in [0.717, 1.165) is 16.3 Å². The second-order valence-electron chi connectivity index (χ2n) is 4.66. The lowest BCUT2D eigenvalue weighted by atomic mass is 10.2. The predicted molar refractivity (Wildman–Crippen MR) is 77.1 cm³/mol. The average molecular weight is 311 g/mol. The standard InChI is InChI=1S/C12H13N3O3S2/c1-7-3-14-8(4-20-12(14)13-7)2-10(16)15-6-19-5-9(15)11(17)18/h3-4,9H,2,5-6H2,1H3,(H,17,18)/t9-/m0/s1. The summed E-state index contributed by atoms with van der Waals surface area (Å²) in [5.41, 5.74) is 1.77. The fourth-order valence-electron chi connectivity index (χ4n) is 2.22. The van der Waals surface area contributed by atoms with Crippen molar-refractivity contribution in [2.24, 2.45) is 0 Å². The van der Waals surface area contributed by atoms with Crippen molar-refractivity contribution < 1.29 is 14.7 Å². The average Bonchev–Trinajstić information content (AvgIpc) is 3.05. The van der Waals surface area contributed by atoms with Gasteiger partial charge in [-0.3, -0.25) is 9.20 Å². The molecule has 1 saturated heterocycles. The Labute approximate surface area is 123 Å². The summed E-state index contributed by atoms with van der Waals surface area (Å²) in [7, 11) is 0. The molecule has 0 spiro atoms. The van der Waals surface area contributed by atoms with Crippen LogP contribution in [0.2, 0.25) is 0 Å². The zero-order valence-corrected chi connectivity index (χ0v) is 12.4. The molecule has 0 unspecified atom stereocenters. The minimum Gasteiger partial charge on any atom is -0.480 e. The molecule has 0 saturated carbocycles. The van der Waals surface area contributed by atoms with Crippen molar-refractivity contribution >= 4 is 39.9 Å². The van der Waals surface area contributed by atoms with E-state index in [1.165, 1.54) is 28.0 Å². The fourth-order valence-corrected chi connectivity index (χ4v) is 4.31. The summed E-state index contributed by atoms with van der Waals surface area (Å²) in [5, 5.41) is 11.0. The number of carbonyl (C=O) groups is 2. The summed E-state index contributed by atoms with van der Waals surface area (Å²) in [5.74, 6) is -0.165. The molecule has 8 heteroatoms. The van der Waals surface area contributed by atoms with Crippen molar-refractivity contribution in [2.45, 2.75) is 19.4 Å². The number of rotatable bonds is 3. The molecule has 3 rings (SSSR count). The van der Waals surface area contributed by atoms with Gasteiger partial charge in [0.15, 0.2) is 4.96 Å². The first kappa shape index (κ1) is 13.4. The molecular weight excluding hydrogens is 298 g/mol. The molecule has 1 atom stereocenters. The number of thiazole rings is 1. The number of carbonyl (C=O) groups excluding carboxylic acids is 1. The van der Waals surface area contributed by atoms with E-state index in [2.05, 4.69) is 4.98 Å². The molecule has 20 heavy (non-hydrogen) atoms. The Bertz CT molecular complexity index is 679. The monoisotopic (exact) mass is 311 g/mol. The van der Waals surface area contributed by atoms with Gasteiger partial charge in [-0.25, -0.2) is 9.78 Å². The lowest BCUT2D eigenvalue weighted by molar-refractivity contribution is -0.147. The summed E-state index contributed by atoms with van der Waals surface area (Å²) in [6.07, 6.45) is 2.10. The topological polar surface area (TPSA) is 74.9 Å². The van der Waals surface area contributed by atoms with Gasteiger partial charge in [0, 0.05) is 23.0 Å². The van der Waals surface area contributed by atoms with Crippen molar-refractivity contribution in [3.63, 3.8) is 0 Å². The molecule has 6 nitrogen and oxygen atoms in total. The number of aliphatic carboxylic acids is 1. The first-order valence-electron chi connectivity index (χ1n) is 6.08. The first-order valence-corrected chi connectivity index (χ1v) is 8.12. The van der Waals surface area contributed by atoms with Crippen LogP contribution in [0, 0.1) is 6.92 Å². The van der Waals surface area contributed by atoms with Crippen molar-refractivity contribution in [1.29, 1.82) is 0 Å². The number of carboxylic acids is 1. The minimum absolute atomic E-state index is 0.145. The van der Waals surface area contributed by atoms with Gasteiger partial charge in [0.05, 0.1) is 18.0 Å². The number of aryl methyl sites for hydroxylation is 1. The van der Waals surface area contributed by atoms with Crippen molar-refractivity contribution in [1.82, 2.24) is 14.3 Å². The number of fused-ring (bicyclic) bond motifs is 1. The van der Waals surface area contributed by atoms with E-state index >= 15 is 0 Å². The molecule has 0 aromatic carbocycles. The van der Waals surface area contributed by atoms with Crippen molar-refractivity contribution in [3.8, 4) is 0 Å². The maximum absolute atomic E-state index is 12.3. The van der Waals surface area contributed by atoms with Crippen LogP contribution in [0.15, 0.2) is 11.6 Å². The molecule has 1 aliphatic heterocycles. The molecule has 3 heterocycles. The van der Waals surface area contributed by atoms with Crippen LogP contribution in [0.1, 0.15) is 11.4 Å². The highest BCUT2D eigenvalue weighted by atomic mass is 32.2. The number of nitrogens with zero attached hydrogens (tertiary/aromatic N) is 3. The zero-order valence-electron chi connectivity index (χ0n) is 10.8. The molecular formula is C12H13N3O3S2. The summed E-state index contributed by atoms with van der Waals surface area (Å²) >= 11 is 2.96. The van der Waals surface area contributed by atoms with Crippen LogP contribution in [0.5, 0.6) is 0 Å². The van der Waals surface area contributed by atoms with E-state index in [1.807, 2.05) is 22.9 Å². The van der Waals surface area contributed by atoms with Gasteiger partial charge in [-0.15, -0.1) is 23.1 Å². The normalized spacial score (nSPS) is 18.9. The number of amides is 1. The Kier molecular flexibility index (Phi) is 3.43. The zero-order chi connectivity index (χ0) is 14.3. The van der Waals surface area contributed by atoms with E-state index in [9.17, 15) is 9.59 Å². The third kappa shape index (κ3) is 2.29. The summed E-state index contributed by atoms with van der Waals surface area (Å²) in [6, 6.07) is -0.703. The Morgan fingerprint density at radius 2 is 2.35 bits per heavy atom. The SMILES string of the molecule is Cc1cn2c(CC(=O)N3CSC[C@H]3C(=O)O)csc2n1. The van der Waals surface area contributed by atoms with E-state index in [0.29, 0.717) is 11.6 Å².